The molecule has 21 heavy (non-hydrogen) atoms. The SMILES string of the molecule is CCC[C@H](C)NC(=O)[C@@H]1CCCN(Cc2nnc(C)s2)C1. The number of piperidine rings is 1. The summed E-state index contributed by atoms with van der Waals surface area (Å²) in [5.41, 5.74) is 0. The molecule has 1 N–H and O–H groups in total. The lowest BCUT2D eigenvalue weighted by atomic mass is 9.96. The predicted octanol–water partition coefficient (Wildman–Crippen LogP) is 2.36. The molecule has 2 heterocycles. The first-order chi connectivity index (χ1) is 10.1. The maximum atomic E-state index is 12.3. The molecule has 2 rings (SSSR count). The van der Waals surface area contributed by atoms with Gasteiger partial charge in [0, 0.05) is 12.6 Å². The molecule has 2 atom stereocenters. The molecule has 1 aliphatic heterocycles. The highest BCUT2D eigenvalue weighted by Crippen LogP contribution is 2.20. The van der Waals surface area contributed by atoms with E-state index in [0.29, 0.717) is 0 Å². The lowest BCUT2D eigenvalue weighted by Crippen LogP contribution is -2.45. The van der Waals surface area contributed by atoms with Crippen LogP contribution in [0.5, 0.6) is 0 Å². The summed E-state index contributed by atoms with van der Waals surface area (Å²) >= 11 is 1.64. The number of rotatable bonds is 6. The molecule has 5 nitrogen and oxygen atoms in total. The number of amides is 1. The quantitative estimate of drug-likeness (QED) is 0.876. The summed E-state index contributed by atoms with van der Waals surface area (Å²) in [6.07, 6.45) is 4.23. The van der Waals surface area contributed by atoms with Crippen molar-refractivity contribution in [3.8, 4) is 0 Å². The van der Waals surface area contributed by atoms with Crippen molar-refractivity contribution in [1.29, 1.82) is 0 Å². The van der Waals surface area contributed by atoms with E-state index >= 15 is 0 Å². The molecule has 1 amide bonds. The molecule has 118 valence electrons. The van der Waals surface area contributed by atoms with E-state index < -0.39 is 0 Å². The minimum absolute atomic E-state index is 0.118. The first-order valence-corrected chi connectivity index (χ1v) is 8.71. The van der Waals surface area contributed by atoms with Gasteiger partial charge in [-0.15, -0.1) is 21.5 Å². The largest absolute Gasteiger partial charge is 0.353 e. The third kappa shape index (κ3) is 5.04. The highest BCUT2D eigenvalue weighted by molar-refractivity contribution is 7.11. The highest BCUT2D eigenvalue weighted by atomic mass is 32.1. The van der Waals surface area contributed by atoms with Gasteiger partial charge in [-0.25, -0.2) is 0 Å². The lowest BCUT2D eigenvalue weighted by Gasteiger charge is -2.31. The fourth-order valence-electron chi connectivity index (χ4n) is 2.87. The van der Waals surface area contributed by atoms with Crippen molar-refractivity contribution in [1.82, 2.24) is 20.4 Å². The average molecular weight is 310 g/mol. The predicted molar refractivity (Wildman–Crippen MR) is 85.2 cm³/mol. The zero-order valence-electron chi connectivity index (χ0n) is 13.3. The van der Waals surface area contributed by atoms with Gasteiger partial charge in [-0.05, 0) is 39.7 Å². The van der Waals surface area contributed by atoms with Crippen LogP contribution >= 0.6 is 11.3 Å². The minimum atomic E-state index is 0.118. The van der Waals surface area contributed by atoms with Gasteiger partial charge < -0.3 is 5.32 Å². The summed E-state index contributed by atoms with van der Waals surface area (Å²) < 4.78 is 0. The van der Waals surface area contributed by atoms with Gasteiger partial charge in [0.25, 0.3) is 0 Å². The molecule has 6 heteroatoms. The Morgan fingerprint density at radius 1 is 1.52 bits per heavy atom. The Bertz CT molecular complexity index is 462. The Kier molecular flexibility index (Phi) is 6.11. The van der Waals surface area contributed by atoms with Crippen molar-refractivity contribution in [2.75, 3.05) is 13.1 Å². The van der Waals surface area contributed by atoms with Crippen molar-refractivity contribution >= 4 is 17.2 Å². The zero-order valence-corrected chi connectivity index (χ0v) is 14.1. The maximum absolute atomic E-state index is 12.3. The standard InChI is InChI=1S/C15H26N4OS/c1-4-6-11(2)16-15(20)13-7-5-8-19(9-13)10-14-18-17-12(3)21-14/h11,13H,4-10H2,1-3H3,(H,16,20)/t11-,13+/m0/s1. The van der Waals surface area contributed by atoms with Gasteiger partial charge in [-0.3, -0.25) is 9.69 Å². The van der Waals surface area contributed by atoms with Crippen LogP contribution in [0, 0.1) is 12.8 Å². The number of likely N-dealkylation sites (tertiary alicyclic amines) is 1. The second-order valence-corrected chi connectivity index (χ2v) is 7.25. The molecule has 0 saturated carbocycles. The van der Waals surface area contributed by atoms with Crippen LogP contribution in [0.4, 0.5) is 0 Å². The summed E-state index contributed by atoms with van der Waals surface area (Å²) in [7, 11) is 0. The van der Waals surface area contributed by atoms with E-state index in [-0.39, 0.29) is 17.9 Å². The van der Waals surface area contributed by atoms with Crippen molar-refractivity contribution in [3.05, 3.63) is 10.0 Å². The molecule has 1 aromatic heterocycles. The summed E-state index contributed by atoms with van der Waals surface area (Å²) in [5, 5.41) is 13.4. The average Bonchev–Trinajstić information content (AvgIpc) is 2.84. The van der Waals surface area contributed by atoms with Gasteiger partial charge >= 0.3 is 0 Å². The fraction of sp³-hybridized carbons (Fsp3) is 0.800. The van der Waals surface area contributed by atoms with Crippen LogP contribution in [-0.2, 0) is 11.3 Å². The highest BCUT2D eigenvalue weighted by Gasteiger charge is 2.26. The maximum Gasteiger partial charge on any atom is 0.224 e. The summed E-state index contributed by atoms with van der Waals surface area (Å²) in [6.45, 7) is 8.92. The molecule has 1 aliphatic rings. The van der Waals surface area contributed by atoms with E-state index in [1.165, 1.54) is 0 Å². The van der Waals surface area contributed by atoms with Crippen LogP contribution in [0.1, 0.15) is 49.5 Å². The molecule has 0 aromatic carbocycles. The molecule has 1 aromatic rings. The third-order valence-corrected chi connectivity index (χ3v) is 4.74. The molecular formula is C15H26N4OS. The molecule has 0 spiro atoms. The van der Waals surface area contributed by atoms with E-state index in [2.05, 4.69) is 34.3 Å². The first-order valence-electron chi connectivity index (χ1n) is 7.90. The topological polar surface area (TPSA) is 58.1 Å². The number of aryl methyl sites for hydroxylation is 1. The summed E-state index contributed by atoms with van der Waals surface area (Å²) in [4.78, 5) is 14.7. The summed E-state index contributed by atoms with van der Waals surface area (Å²) in [6, 6.07) is 0.281. The zero-order chi connectivity index (χ0) is 15.2. The molecule has 0 bridgehead atoms. The van der Waals surface area contributed by atoms with E-state index in [1.807, 2.05) is 6.92 Å². The third-order valence-electron chi connectivity index (χ3n) is 3.91. The number of nitrogens with one attached hydrogen (secondary N) is 1. The van der Waals surface area contributed by atoms with Gasteiger partial charge in [-0.1, -0.05) is 13.3 Å². The van der Waals surface area contributed by atoms with Crippen LogP contribution in [0.15, 0.2) is 0 Å². The number of carbonyl (C=O) groups is 1. The van der Waals surface area contributed by atoms with Crippen LogP contribution in [0.25, 0.3) is 0 Å². The Morgan fingerprint density at radius 2 is 2.33 bits per heavy atom. The van der Waals surface area contributed by atoms with Crippen LogP contribution in [0.3, 0.4) is 0 Å². The smallest absolute Gasteiger partial charge is 0.224 e. The van der Waals surface area contributed by atoms with Crippen LogP contribution < -0.4 is 5.32 Å². The number of nitrogens with zero attached hydrogens (tertiary/aromatic N) is 3. The van der Waals surface area contributed by atoms with Crippen molar-refractivity contribution in [3.63, 3.8) is 0 Å². The van der Waals surface area contributed by atoms with E-state index in [0.717, 1.165) is 55.3 Å². The van der Waals surface area contributed by atoms with E-state index in [9.17, 15) is 4.79 Å². The van der Waals surface area contributed by atoms with Gasteiger partial charge in [0.05, 0.1) is 12.5 Å². The molecular weight excluding hydrogens is 284 g/mol. The van der Waals surface area contributed by atoms with Gasteiger partial charge in [0.2, 0.25) is 5.91 Å². The van der Waals surface area contributed by atoms with Crippen LogP contribution in [0.2, 0.25) is 0 Å². The monoisotopic (exact) mass is 310 g/mol. The molecule has 0 radical (unpaired) electrons. The van der Waals surface area contributed by atoms with Crippen molar-refractivity contribution in [2.24, 2.45) is 5.92 Å². The second-order valence-electron chi connectivity index (χ2n) is 5.99. The Morgan fingerprint density at radius 3 is 3.00 bits per heavy atom. The number of hydrogen-bond donors (Lipinski definition) is 1. The van der Waals surface area contributed by atoms with Gasteiger partial charge in [0.1, 0.15) is 10.0 Å². The molecule has 0 unspecified atom stereocenters. The Labute approximate surface area is 131 Å². The summed E-state index contributed by atoms with van der Waals surface area (Å²) in [5.74, 6) is 0.334. The Hall–Kier alpha value is -1.01. The first kappa shape index (κ1) is 16.4. The number of hydrogen-bond acceptors (Lipinski definition) is 5. The second kappa shape index (κ2) is 7.84. The van der Waals surface area contributed by atoms with Crippen molar-refractivity contribution in [2.45, 2.75) is 59.0 Å². The molecule has 1 saturated heterocycles. The van der Waals surface area contributed by atoms with Gasteiger partial charge in [0.15, 0.2) is 0 Å². The molecule has 0 aliphatic carbocycles. The van der Waals surface area contributed by atoms with E-state index in [4.69, 9.17) is 0 Å². The minimum Gasteiger partial charge on any atom is -0.353 e. The number of aromatic nitrogens is 2. The van der Waals surface area contributed by atoms with E-state index in [1.54, 1.807) is 11.3 Å². The molecule has 1 fully saturated rings. The van der Waals surface area contributed by atoms with Crippen molar-refractivity contribution < 1.29 is 4.79 Å². The lowest BCUT2D eigenvalue weighted by molar-refractivity contribution is -0.127. The van der Waals surface area contributed by atoms with Crippen LogP contribution in [-0.4, -0.2) is 40.1 Å². The van der Waals surface area contributed by atoms with Gasteiger partial charge in [-0.2, -0.15) is 0 Å². The fourth-order valence-corrected chi connectivity index (χ4v) is 3.62. The Balaban J connectivity index is 1.83. The normalized spacial score (nSPS) is 21.2. The number of carbonyl (C=O) groups excluding carboxylic acids is 1.